The Kier molecular flexibility index (Phi) is 2.48. The predicted octanol–water partition coefficient (Wildman–Crippen LogP) is 0.210. The Bertz CT molecular complexity index is 525. The van der Waals surface area contributed by atoms with Crippen LogP contribution in [0.15, 0.2) is 0 Å². The second kappa shape index (κ2) is 4.09. The second-order valence-corrected chi connectivity index (χ2v) is 6.06. The van der Waals surface area contributed by atoms with Gasteiger partial charge in [0, 0.05) is 24.4 Å². The Balaban J connectivity index is 1.73. The largest absolute Gasteiger partial charge is 0.355 e. The summed E-state index contributed by atoms with van der Waals surface area (Å²) in [6.07, 6.45) is 1.21. The highest BCUT2D eigenvalue weighted by molar-refractivity contribution is 7.16. The Hall–Kier alpha value is -1.31. The molecular weight excluding hydrogens is 266 g/mol. The maximum absolute atomic E-state index is 12.2. The lowest BCUT2D eigenvalue weighted by Crippen LogP contribution is -2.52. The molecule has 0 spiro atoms. The van der Waals surface area contributed by atoms with Crippen molar-refractivity contribution < 1.29 is 14.3 Å². The molecule has 0 aliphatic carbocycles. The number of rotatable bonds is 1. The van der Waals surface area contributed by atoms with Crippen molar-refractivity contribution in [2.45, 2.75) is 38.0 Å². The number of hydrogen-bond acceptors (Lipinski definition) is 6. The first kappa shape index (κ1) is 11.5. The molecule has 0 radical (unpaired) electrons. The third-order valence-corrected chi connectivity index (χ3v) is 4.88. The molecule has 4 rings (SSSR count). The topological polar surface area (TPSA) is 71.5 Å². The number of amides is 2. The highest BCUT2D eigenvalue weighted by atomic mass is 32.1. The summed E-state index contributed by atoms with van der Waals surface area (Å²) in [5.41, 5.74) is 1.01. The van der Waals surface area contributed by atoms with E-state index in [1.807, 2.05) is 0 Å². The molecule has 2 unspecified atom stereocenters. The lowest BCUT2D eigenvalue weighted by Gasteiger charge is -2.27. The normalized spacial score (nSPS) is 29.8. The van der Waals surface area contributed by atoms with Crippen LogP contribution in [0.25, 0.3) is 0 Å². The first-order chi connectivity index (χ1) is 9.24. The van der Waals surface area contributed by atoms with Crippen molar-refractivity contribution in [3.8, 4) is 0 Å². The third kappa shape index (κ3) is 1.65. The minimum Gasteiger partial charge on any atom is -0.355 e. The average molecular weight is 279 g/mol. The molecule has 2 bridgehead atoms. The van der Waals surface area contributed by atoms with Gasteiger partial charge in [-0.15, -0.1) is 0 Å². The smallest absolute Gasteiger partial charge is 0.264 e. The molecule has 3 aliphatic rings. The van der Waals surface area contributed by atoms with Gasteiger partial charge in [0.05, 0.1) is 5.69 Å². The van der Waals surface area contributed by atoms with Gasteiger partial charge >= 0.3 is 0 Å². The molecule has 2 amide bonds. The molecule has 100 valence electrons. The molecular formula is C12H13N3O3S. The number of nitrogens with zero attached hydrogens (tertiary/aromatic N) is 2. The summed E-state index contributed by atoms with van der Waals surface area (Å²) < 4.78 is 5.40. The van der Waals surface area contributed by atoms with Crippen molar-refractivity contribution in [1.82, 2.24) is 10.3 Å². The van der Waals surface area contributed by atoms with Gasteiger partial charge < -0.3 is 10.1 Å². The summed E-state index contributed by atoms with van der Waals surface area (Å²) in [6, 6.07) is 0. The van der Waals surface area contributed by atoms with Crippen LogP contribution in [-0.2, 0) is 27.3 Å². The van der Waals surface area contributed by atoms with Crippen LogP contribution in [0.3, 0.4) is 0 Å². The van der Waals surface area contributed by atoms with E-state index >= 15 is 0 Å². The van der Waals surface area contributed by atoms with E-state index < -0.39 is 12.2 Å². The second-order valence-electron chi connectivity index (χ2n) is 5.00. The molecule has 6 nitrogen and oxygen atoms in total. The molecule has 0 aromatic carbocycles. The van der Waals surface area contributed by atoms with E-state index in [1.165, 1.54) is 16.2 Å². The highest BCUT2D eigenvalue weighted by Crippen LogP contribution is 2.35. The van der Waals surface area contributed by atoms with E-state index in [4.69, 9.17) is 4.74 Å². The number of nitrogens with one attached hydrogen (secondary N) is 1. The first-order valence-corrected chi connectivity index (χ1v) is 7.28. The average Bonchev–Trinajstić information content (AvgIpc) is 3.02. The van der Waals surface area contributed by atoms with Crippen LogP contribution in [-0.4, -0.2) is 35.6 Å². The van der Waals surface area contributed by atoms with Crippen LogP contribution < -0.4 is 10.2 Å². The quantitative estimate of drug-likeness (QED) is 0.744. The Morgan fingerprint density at radius 2 is 2.00 bits per heavy atom. The van der Waals surface area contributed by atoms with E-state index in [9.17, 15) is 9.59 Å². The van der Waals surface area contributed by atoms with Crippen LogP contribution in [0.2, 0.25) is 0 Å². The van der Waals surface area contributed by atoms with Crippen LogP contribution in [0, 0.1) is 0 Å². The van der Waals surface area contributed by atoms with Crippen LogP contribution in [0.4, 0.5) is 5.13 Å². The molecule has 1 aromatic heterocycles. The minimum atomic E-state index is -0.457. The molecule has 7 heteroatoms. The fourth-order valence-electron chi connectivity index (χ4n) is 2.79. The zero-order valence-corrected chi connectivity index (χ0v) is 11.0. The van der Waals surface area contributed by atoms with Gasteiger partial charge in [0.25, 0.3) is 11.8 Å². The van der Waals surface area contributed by atoms with Gasteiger partial charge in [-0.05, 0) is 12.8 Å². The molecule has 2 saturated heterocycles. The molecule has 3 aliphatic heterocycles. The Labute approximate surface area is 113 Å². The number of thiazole rings is 1. The van der Waals surface area contributed by atoms with E-state index in [0.717, 1.165) is 30.1 Å². The molecule has 2 atom stereocenters. The van der Waals surface area contributed by atoms with Gasteiger partial charge in [0.2, 0.25) is 0 Å². The number of carbonyl (C=O) groups excluding carboxylic acids is 2. The zero-order valence-electron chi connectivity index (χ0n) is 10.2. The third-order valence-electron chi connectivity index (χ3n) is 3.79. The van der Waals surface area contributed by atoms with Crippen molar-refractivity contribution in [3.05, 3.63) is 10.6 Å². The number of hydrogen-bond donors (Lipinski definition) is 1. The van der Waals surface area contributed by atoms with E-state index in [2.05, 4.69) is 10.3 Å². The number of anilines is 1. The molecule has 19 heavy (non-hydrogen) atoms. The van der Waals surface area contributed by atoms with Crippen molar-refractivity contribution in [3.63, 3.8) is 0 Å². The minimum absolute atomic E-state index is 0.252. The van der Waals surface area contributed by atoms with E-state index in [0.29, 0.717) is 18.0 Å². The summed E-state index contributed by atoms with van der Waals surface area (Å²) in [6.45, 7) is 1.67. The van der Waals surface area contributed by atoms with Crippen molar-refractivity contribution in [2.75, 3.05) is 11.4 Å². The number of morpholine rings is 1. The van der Waals surface area contributed by atoms with Crippen molar-refractivity contribution >= 4 is 28.3 Å². The molecule has 1 aromatic rings. The predicted molar refractivity (Wildman–Crippen MR) is 67.9 cm³/mol. The van der Waals surface area contributed by atoms with Gasteiger partial charge in [-0.3, -0.25) is 9.59 Å². The van der Waals surface area contributed by atoms with E-state index in [1.54, 1.807) is 0 Å². The maximum Gasteiger partial charge on any atom is 0.264 e. The summed E-state index contributed by atoms with van der Waals surface area (Å²) in [5.74, 6) is -0.504. The van der Waals surface area contributed by atoms with Gasteiger partial charge in [0.1, 0.15) is 12.2 Å². The standard InChI is InChI=1S/C12H13N3O3S/c16-10-7-1-2-8(18-7)11(17)15(10)12-14-6-3-4-13-5-9(6)19-12/h7-8,13H,1-5H2. The van der Waals surface area contributed by atoms with Gasteiger partial charge in [0.15, 0.2) is 5.13 Å². The van der Waals surface area contributed by atoms with Gasteiger partial charge in [-0.2, -0.15) is 0 Å². The fraction of sp³-hybridized carbons (Fsp3) is 0.583. The van der Waals surface area contributed by atoms with Gasteiger partial charge in [-0.1, -0.05) is 11.3 Å². The van der Waals surface area contributed by atoms with Crippen LogP contribution in [0.5, 0.6) is 0 Å². The Morgan fingerprint density at radius 1 is 1.26 bits per heavy atom. The van der Waals surface area contributed by atoms with Crippen molar-refractivity contribution in [1.29, 1.82) is 0 Å². The number of imide groups is 1. The monoisotopic (exact) mass is 279 g/mol. The lowest BCUT2D eigenvalue weighted by molar-refractivity contribution is -0.146. The van der Waals surface area contributed by atoms with Crippen LogP contribution in [0.1, 0.15) is 23.4 Å². The first-order valence-electron chi connectivity index (χ1n) is 6.46. The molecule has 2 fully saturated rings. The maximum atomic E-state index is 12.2. The SMILES string of the molecule is O=C1C2CCC(O2)C(=O)N1c1nc2c(s1)CNCC2. The Morgan fingerprint density at radius 3 is 2.68 bits per heavy atom. The van der Waals surface area contributed by atoms with Gasteiger partial charge in [-0.25, -0.2) is 9.88 Å². The van der Waals surface area contributed by atoms with Crippen molar-refractivity contribution in [2.24, 2.45) is 0 Å². The zero-order chi connectivity index (χ0) is 13.0. The summed E-state index contributed by atoms with van der Waals surface area (Å²) in [4.78, 5) is 31.3. The van der Waals surface area contributed by atoms with Crippen LogP contribution >= 0.6 is 11.3 Å². The summed E-state index contributed by atoms with van der Waals surface area (Å²) in [5, 5.41) is 3.78. The number of aromatic nitrogens is 1. The summed E-state index contributed by atoms with van der Waals surface area (Å²) in [7, 11) is 0. The fourth-order valence-corrected chi connectivity index (χ4v) is 3.88. The molecule has 1 N–H and O–H groups in total. The highest BCUT2D eigenvalue weighted by Gasteiger charge is 2.48. The number of fused-ring (bicyclic) bond motifs is 3. The number of carbonyl (C=O) groups is 2. The number of ether oxygens (including phenoxy) is 1. The summed E-state index contributed by atoms with van der Waals surface area (Å²) >= 11 is 1.44. The lowest BCUT2D eigenvalue weighted by atomic mass is 10.2. The van der Waals surface area contributed by atoms with E-state index in [-0.39, 0.29) is 11.8 Å². The molecule has 0 saturated carbocycles. The molecule has 4 heterocycles.